The van der Waals surface area contributed by atoms with Crippen molar-refractivity contribution in [3.63, 3.8) is 0 Å². The van der Waals surface area contributed by atoms with Gasteiger partial charge in [-0.05, 0) is 79.7 Å². The van der Waals surface area contributed by atoms with E-state index in [0.29, 0.717) is 17.3 Å². The highest BCUT2D eigenvalue weighted by Crippen LogP contribution is 2.22. The highest BCUT2D eigenvalue weighted by atomic mass is 35.5. The average molecular weight is 488 g/mol. The summed E-state index contributed by atoms with van der Waals surface area (Å²) < 4.78 is 6.09. The number of piperidine rings is 1. The number of oxime groups is 1. The van der Waals surface area contributed by atoms with Gasteiger partial charge in [0.25, 0.3) is 0 Å². The molecule has 0 amide bonds. The van der Waals surface area contributed by atoms with E-state index in [2.05, 4.69) is 33.8 Å². The van der Waals surface area contributed by atoms with E-state index in [0.717, 1.165) is 53.6 Å². The van der Waals surface area contributed by atoms with Gasteiger partial charge < -0.3 is 9.57 Å². The van der Waals surface area contributed by atoms with Crippen molar-refractivity contribution in [3.8, 4) is 28.7 Å². The van der Waals surface area contributed by atoms with Gasteiger partial charge in [-0.1, -0.05) is 47.8 Å². The molecule has 1 fully saturated rings. The van der Waals surface area contributed by atoms with Crippen LogP contribution in [0.1, 0.15) is 36.6 Å². The maximum Gasteiger partial charge on any atom is 0.128 e. The minimum atomic E-state index is 0.636. The second-order valence-electron chi connectivity index (χ2n) is 8.73. The van der Waals surface area contributed by atoms with Crippen molar-refractivity contribution in [2.24, 2.45) is 11.1 Å². The predicted molar refractivity (Wildman–Crippen MR) is 142 cm³/mol. The van der Waals surface area contributed by atoms with Crippen LogP contribution < -0.4 is 4.74 Å². The number of aromatic nitrogens is 1. The molecule has 0 spiro atoms. The number of halogens is 1. The second kappa shape index (κ2) is 12.4. The molecule has 0 radical (unpaired) electrons. The first-order chi connectivity index (χ1) is 17.1. The van der Waals surface area contributed by atoms with Crippen molar-refractivity contribution >= 4 is 17.8 Å². The molecule has 2 heterocycles. The Bertz CT molecular complexity index is 1190. The summed E-state index contributed by atoms with van der Waals surface area (Å²) in [6.45, 7) is 6.17. The van der Waals surface area contributed by atoms with Crippen LogP contribution in [0.15, 0.2) is 65.9 Å². The molecule has 0 bridgehead atoms. The van der Waals surface area contributed by atoms with Crippen molar-refractivity contribution < 1.29 is 9.57 Å². The van der Waals surface area contributed by atoms with Crippen LogP contribution in [0.5, 0.6) is 5.75 Å². The van der Waals surface area contributed by atoms with Crippen LogP contribution in [-0.2, 0) is 4.84 Å². The molecule has 0 saturated carbocycles. The van der Waals surface area contributed by atoms with E-state index in [1.165, 1.54) is 20.0 Å². The SMILES string of the molecule is CON=Cc1cc(C#Cc2ccc(-c3ccc(Cl)cc3)cn2)ccc1OCCN1CCC(C)CC1. The summed E-state index contributed by atoms with van der Waals surface area (Å²) in [5.41, 5.74) is 4.46. The maximum absolute atomic E-state index is 6.09. The predicted octanol–water partition coefficient (Wildman–Crippen LogP) is 5.89. The van der Waals surface area contributed by atoms with Crippen molar-refractivity contribution in [1.82, 2.24) is 9.88 Å². The number of ether oxygens (including phenoxy) is 1. The lowest BCUT2D eigenvalue weighted by atomic mass is 9.99. The van der Waals surface area contributed by atoms with Crippen molar-refractivity contribution in [2.45, 2.75) is 19.8 Å². The van der Waals surface area contributed by atoms with Crippen LogP contribution in [0, 0.1) is 17.8 Å². The van der Waals surface area contributed by atoms with Gasteiger partial charge in [-0.15, -0.1) is 0 Å². The Hall–Kier alpha value is -3.33. The Morgan fingerprint density at radius 3 is 2.54 bits per heavy atom. The Kier molecular flexibility index (Phi) is 8.78. The molecule has 3 aromatic rings. The van der Waals surface area contributed by atoms with Crippen LogP contribution in [0.3, 0.4) is 0 Å². The first kappa shape index (κ1) is 24.8. The van der Waals surface area contributed by atoms with Crippen LogP contribution in [0.2, 0.25) is 5.02 Å². The number of benzene rings is 2. The Labute approximate surface area is 212 Å². The summed E-state index contributed by atoms with van der Waals surface area (Å²) in [5.74, 6) is 7.92. The highest BCUT2D eigenvalue weighted by molar-refractivity contribution is 6.30. The molecule has 4 rings (SSSR count). The molecule has 0 N–H and O–H groups in total. The normalized spacial score (nSPS) is 14.5. The lowest BCUT2D eigenvalue weighted by Gasteiger charge is -2.30. The molecule has 180 valence electrons. The van der Waals surface area contributed by atoms with E-state index in [4.69, 9.17) is 21.2 Å². The second-order valence-corrected chi connectivity index (χ2v) is 9.17. The molecule has 0 atom stereocenters. The molecule has 1 aromatic heterocycles. The van der Waals surface area contributed by atoms with Gasteiger partial charge in [-0.25, -0.2) is 4.98 Å². The Morgan fingerprint density at radius 1 is 1.06 bits per heavy atom. The molecule has 1 aliphatic heterocycles. The number of likely N-dealkylation sites (tertiary alicyclic amines) is 1. The Balaban J connectivity index is 1.41. The largest absolute Gasteiger partial charge is 0.492 e. The smallest absolute Gasteiger partial charge is 0.128 e. The summed E-state index contributed by atoms with van der Waals surface area (Å²) in [6, 6.07) is 17.5. The summed E-state index contributed by atoms with van der Waals surface area (Å²) >= 11 is 5.98. The molecule has 0 aliphatic carbocycles. The van der Waals surface area contributed by atoms with E-state index in [1.54, 1.807) is 6.21 Å². The molecular weight excluding hydrogens is 458 g/mol. The lowest BCUT2D eigenvalue weighted by Crippen LogP contribution is -2.35. The van der Waals surface area contributed by atoms with Gasteiger partial charge in [-0.2, -0.15) is 0 Å². The maximum atomic E-state index is 6.09. The third-order valence-corrected chi connectivity index (χ3v) is 6.38. The van der Waals surface area contributed by atoms with Crippen molar-refractivity contribution in [1.29, 1.82) is 0 Å². The van der Waals surface area contributed by atoms with Gasteiger partial charge in [0.1, 0.15) is 25.2 Å². The van der Waals surface area contributed by atoms with Crippen LogP contribution in [0.4, 0.5) is 0 Å². The third kappa shape index (κ3) is 7.32. The minimum absolute atomic E-state index is 0.636. The fraction of sp³-hybridized carbons (Fsp3) is 0.310. The molecular formula is C29H30ClN3O2. The van der Waals surface area contributed by atoms with E-state index in [-0.39, 0.29) is 0 Å². The minimum Gasteiger partial charge on any atom is -0.492 e. The molecule has 1 saturated heterocycles. The van der Waals surface area contributed by atoms with Crippen LogP contribution in [0.25, 0.3) is 11.1 Å². The molecule has 6 heteroatoms. The van der Waals surface area contributed by atoms with Gasteiger partial charge in [0.05, 0.1) is 6.21 Å². The van der Waals surface area contributed by atoms with E-state index in [1.807, 2.05) is 60.8 Å². The number of pyridine rings is 1. The molecule has 0 unspecified atom stereocenters. The van der Waals surface area contributed by atoms with Gasteiger partial charge in [0.15, 0.2) is 0 Å². The average Bonchev–Trinajstić information content (AvgIpc) is 2.89. The summed E-state index contributed by atoms with van der Waals surface area (Å²) in [6.07, 6.45) is 6.00. The third-order valence-electron chi connectivity index (χ3n) is 6.12. The monoisotopic (exact) mass is 487 g/mol. The fourth-order valence-corrected chi connectivity index (χ4v) is 4.08. The number of rotatable bonds is 7. The van der Waals surface area contributed by atoms with Crippen molar-refractivity contribution in [3.05, 3.63) is 82.6 Å². The fourth-order valence-electron chi connectivity index (χ4n) is 3.96. The zero-order valence-corrected chi connectivity index (χ0v) is 21.0. The van der Waals surface area contributed by atoms with Gasteiger partial charge >= 0.3 is 0 Å². The summed E-state index contributed by atoms with van der Waals surface area (Å²) in [4.78, 5) is 11.8. The molecule has 2 aromatic carbocycles. The molecule has 35 heavy (non-hydrogen) atoms. The van der Waals surface area contributed by atoms with Crippen molar-refractivity contribution in [2.75, 3.05) is 33.4 Å². The molecule has 5 nitrogen and oxygen atoms in total. The zero-order valence-electron chi connectivity index (χ0n) is 20.2. The van der Waals surface area contributed by atoms with Crippen LogP contribution >= 0.6 is 11.6 Å². The topological polar surface area (TPSA) is 47.0 Å². The highest BCUT2D eigenvalue weighted by Gasteiger charge is 2.15. The Morgan fingerprint density at radius 2 is 1.83 bits per heavy atom. The van der Waals surface area contributed by atoms with Gasteiger partial charge in [-0.3, -0.25) is 4.90 Å². The van der Waals surface area contributed by atoms with Gasteiger partial charge in [0, 0.05) is 34.5 Å². The summed E-state index contributed by atoms with van der Waals surface area (Å²) in [5, 5.41) is 4.64. The quantitative estimate of drug-likeness (QED) is 0.237. The van der Waals surface area contributed by atoms with Gasteiger partial charge in [0.2, 0.25) is 0 Å². The number of hydrogen-bond acceptors (Lipinski definition) is 5. The number of hydrogen-bond donors (Lipinski definition) is 0. The standard InChI is InChI=1S/C29H30ClN3O2/c1-22-13-15-33(16-14-22)17-18-35-29-12-4-23(19-26(29)21-32-34-2)3-10-28-11-7-25(20-31-28)24-5-8-27(30)9-6-24/h4-9,11-12,19-22H,13-18H2,1-2H3. The summed E-state index contributed by atoms with van der Waals surface area (Å²) in [7, 11) is 1.53. The lowest BCUT2D eigenvalue weighted by molar-refractivity contribution is 0.160. The first-order valence-corrected chi connectivity index (χ1v) is 12.3. The van der Waals surface area contributed by atoms with E-state index in [9.17, 15) is 0 Å². The zero-order chi connectivity index (χ0) is 24.5. The van der Waals surface area contributed by atoms with E-state index >= 15 is 0 Å². The number of nitrogens with zero attached hydrogens (tertiary/aromatic N) is 3. The van der Waals surface area contributed by atoms with E-state index < -0.39 is 0 Å². The van der Waals surface area contributed by atoms with Crippen LogP contribution in [-0.4, -0.2) is 49.4 Å². The first-order valence-electron chi connectivity index (χ1n) is 11.9. The molecule has 1 aliphatic rings.